The maximum atomic E-state index is 13.8. The number of benzene rings is 2. The van der Waals surface area contributed by atoms with Gasteiger partial charge < -0.3 is 14.8 Å². The van der Waals surface area contributed by atoms with Crippen LogP contribution >= 0.6 is 15.9 Å². The second-order valence-corrected chi connectivity index (χ2v) is 5.01. The van der Waals surface area contributed by atoms with Crippen LogP contribution in [0.2, 0.25) is 0 Å². The molecule has 0 aromatic heterocycles. The van der Waals surface area contributed by atoms with Crippen LogP contribution < -0.4 is 14.8 Å². The highest BCUT2D eigenvalue weighted by Crippen LogP contribution is 2.28. The molecule has 2 rings (SSSR count). The molecule has 0 unspecified atom stereocenters. The van der Waals surface area contributed by atoms with Crippen LogP contribution in [0.1, 0.15) is 5.56 Å². The molecule has 0 aliphatic carbocycles. The summed E-state index contributed by atoms with van der Waals surface area (Å²) in [5, 5.41) is 3.16. The summed E-state index contributed by atoms with van der Waals surface area (Å²) in [6.07, 6.45) is 0. The summed E-state index contributed by atoms with van der Waals surface area (Å²) in [5.41, 5.74) is 1.44. The molecule has 3 nitrogen and oxygen atoms in total. The lowest BCUT2D eigenvalue weighted by molar-refractivity contribution is 0.411. The number of hydrogen-bond acceptors (Lipinski definition) is 3. The molecule has 0 bridgehead atoms. The monoisotopic (exact) mass is 339 g/mol. The summed E-state index contributed by atoms with van der Waals surface area (Å²) in [5.74, 6) is 0.947. The minimum absolute atomic E-state index is 0.291. The third kappa shape index (κ3) is 3.42. The molecule has 0 heterocycles. The Morgan fingerprint density at radius 3 is 2.55 bits per heavy atom. The Hall–Kier alpha value is -1.75. The van der Waals surface area contributed by atoms with E-state index in [2.05, 4.69) is 21.2 Å². The van der Waals surface area contributed by atoms with Crippen molar-refractivity contribution in [3.05, 3.63) is 52.3 Å². The SMILES string of the molecule is COc1ccc(CNc2ccc(Br)c(OC)c2)c(F)c1. The Morgan fingerprint density at radius 2 is 1.90 bits per heavy atom. The van der Waals surface area contributed by atoms with Gasteiger partial charge in [0.1, 0.15) is 17.3 Å². The van der Waals surface area contributed by atoms with Crippen LogP contribution in [0, 0.1) is 5.82 Å². The van der Waals surface area contributed by atoms with Crippen LogP contribution in [0.5, 0.6) is 11.5 Å². The number of halogens is 2. The summed E-state index contributed by atoms with van der Waals surface area (Å²) in [7, 11) is 3.12. The fraction of sp³-hybridized carbons (Fsp3) is 0.200. The normalized spacial score (nSPS) is 10.2. The van der Waals surface area contributed by atoms with Crippen molar-refractivity contribution in [1.29, 1.82) is 0 Å². The molecule has 0 radical (unpaired) electrons. The number of anilines is 1. The van der Waals surface area contributed by atoms with Gasteiger partial charge in [0.15, 0.2) is 0 Å². The zero-order valence-corrected chi connectivity index (χ0v) is 12.8. The zero-order chi connectivity index (χ0) is 14.5. The summed E-state index contributed by atoms with van der Waals surface area (Å²) in [4.78, 5) is 0. The van der Waals surface area contributed by atoms with Gasteiger partial charge in [-0.25, -0.2) is 4.39 Å². The molecule has 0 saturated heterocycles. The number of ether oxygens (including phenoxy) is 2. The molecule has 5 heteroatoms. The van der Waals surface area contributed by atoms with Crippen molar-refractivity contribution < 1.29 is 13.9 Å². The first kappa shape index (κ1) is 14.7. The average molecular weight is 340 g/mol. The Kier molecular flexibility index (Phi) is 4.84. The van der Waals surface area contributed by atoms with E-state index in [-0.39, 0.29) is 5.82 Å². The predicted molar refractivity (Wildman–Crippen MR) is 81.0 cm³/mol. The molecule has 0 fully saturated rings. The van der Waals surface area contributed by atoms with Crippen LogP contribution in [0.3, 0.4) is 0 Å². The summed E-state index contributed by atoms with van der Waals surface area (Å²) >= 11 is 3.39. The van der Waals surface area contributed by atoms with Gasteiger partial charge >= 0.3 is 0 Å². The predicted octanol–water partition coefficient (Wildman–Crippen LogP) is 4.22. The highest BCUT2D eigenvalue weighted by atomic mass is 79.9. The van der Waals surface area contributed by atoms with Gasteiger partial charge in [-0.2, -0.15) is 0 Å². The van der Waals surface area contributed by atoms with Crippen molar-refractivity contribution in [3.63, 3.8) is 0 Å². The largest absolute Gasteiger partial charge is 0.497 e. The van der Waals surface area contributed by atoms with Crippen molar-refractivity contribution in [1.82, 2.24) is 0 Å². The van der Waals surface area contributed by atoms with E-state index in [9.17, 15) is 4.39 Å². The molecule has 0 aliphatic heterocycles. The topological polar surface area (TPSA) is 30.5 Å². The molecule has 0 amide bonds. The van der Waals surface area contributed by atoms with Gasteiger partial charge in [-0.15, -0.1) is 0 Å². The van der Waals surface area contributed by atoms with E-state index in [1.807, 2.05) is 18.2 Å². The molecule has 0 saturated carbocycles. The molecule has 2 aromatic rings. The number of methoxy groups -OCH3 is 2. The second-order valence-electron chi connectivity index (χ2n) is 4.16. The van der Waals surface area contributed by atoms with Crippen molar-refractivity contribution in [2.45, 2.75) is 6.54 Å². The lowest BCUT2D eigenvalue weighted by Gasteiger charge is -2.10. The fourth-order valence-corrected chi connectivity index (χ4v) is 2.17. The maximum Gasteiger partial charge on any atom is 0.135 e. The van der Waals surface area contributed by atoms with E-state index in [1.54, 1.807) is 19.2 Å². The smallest absolute Gasteiger partial charge is 0.135 e. The van der Waals surface area contributed by atoms with Crippen molar-refractivity contribution in [2.24, 2.45) is 0 Å². The first-order chi connectivity index (χ1) is 9.63. The van der Waals surface area contributed by atoms with E-state index in [1.165, 1.54) is 13.2 Å². The van der Waals surface area contributed by atoms with Gasteiger partial charge in [-0.3, -0.25) is 0 Å². The Labute approximate surface area is 125 Å². The van der Waals surface area contributed by atoms with Crippen molar-refractivity contribution in [2.75, 3.05) is 19.5 Å². The lowest BCUT2D eigenvalue weighted by atomic mass is 10.2. The van der Waals surface area contributed by atoms with Crippen LogP contribution in [-0.4, -0.2) is 14.2 Å². The molecule has 1 N–H and O–H groups in total. The minimum atomic E-state index is -0.291. The second kappa shape index (κ2) is 6.61. The number of hydrogen-bond donors (Lipinski definition) is 1. The molecule has 20 heavy (non-hydrogen) atoms. The van der Waals surface area contributed by atoms with Gasteiger partial charge in [0, 0.05) is 29.9 Å². The molecule has 106 valence electrons. The van der Waals surface area contributed by atoms with Crippen molar-refractivity contribution >= 4 is 21.6 Å². The maximum absolute atomic E-state index is 13.8. The molecule has 0 aliphatic rings. The summed E-state index contributed by atoms with van der Waals surface area (Å²) in [6, 6.07) is 10.4. The molecular weight excluding hydrogens is 325 g/mol. The lowest BCUT2D eigenvalue weighted by Crippen LogP contribution is -2.02. The Balaban J connectivity index is 2.08. The number of rotatable bonds is 5. The standard InChI is InChI=1S/C15H15BrFNO2/c1-19-12-5-3-10(14(17)8-12)9-18-11-4-6-13(16)15(7-11)20-2/h3-8,18H,9H2,1-2H3. The summed E-state index contributed by atoms with van der Waals surface area (Å²) < 4.78 is 24.9. The molecule has 0 atom stereocenters. The van der Waals surface area contributed by atoms with Crippen LogP contribution in [-0.2, 0) is 6.54 Å². The van der Waals surface area contributed by atoms with Gasteiger partial charge in [0.05, 0.1) is 18.7 Å². The first-order valence-corrected chi connectivity index (χ1v) is 6.83. The highest BCUT2D eigenvalue weighted by Gasteiger charge is 2.05. The van der Waals surface area contributed by atoms with Gasteiger partial charge in [-0.05, 0) is 34.1 Å². The van der Waals surface area contributed by atoms with E-state index < -0.39 is 0 Å². The van der Waals surface area contributed by atoms with Crippen LogP contribution in [0.25, 0.3) is 0 Å². The molecule has 2 aromatic carbocycles. The fourth-order valence-electron chi connectivity index (χ4n) is 1.77. The van der Waals surface area contributed by atoms with Gasteiger partial charge in [-0.1, -0.05) is 6.07 Å². The van der Waals surface area contributed by atoms with E-state index in [0.717, 1.165) is 15.9 Å². The zero-order valence-electron chi connectivity index (χ0n) is 11.2. The first-order valence-electron chi connectivity index (χ1n) is 6.04. The average Bonchev–Trinajstić information content (AvgIpc) is 2.47. The number of nitrogens with one attached hydrogen (secondary N) is 1. The molecule has 0 spiro atoms. The Morgan fingerprint density at radius 1 is 1.10 bits per heavy atom. The van der Waals surface area contributed by atoms with Gasteiger partial charge in [0.2, 0.25) is 0 Å². The third-order valence-electron chi connectivity index (χ3n) is 2.89. The highest BCUT2D eigenvalue weighted by molar-refractivity contribution is 9.10. The van der Waals surface area contributed by atoms with E-state index in [4.69, 9.17) is 9.47 Å². The van der Waals surface area contributed by atoms with Crippen molar-refractivity contribution in [3.8, 4) is 11.5 Å². The minimum Gasteiger partial charge on any atom is -0.497 e. The molecular formula is C15H15BrFNO2. The van der Waals surface area contributed by atoms with E-state index in [0.29, 0.717) is 17.9 Å². The van der Waals surface area contributed by atoms with Gasteiger partial charge in [0.25, 0.3) is 0 Å². The quantitative estimate of drug-likeness (QED) is 0.884. The Bertz CT molecular complexity index is 604. The summed E-state index contributed by atoms with van der Waals surface area (Å²) in [6.45, 7) is 0.389. The van der Waals surface area contributed by atoms with Crippen LogP contribution in [0.4, 0.5) is 10.1 Å². The van der Waals surface area contributed by atoms with E-state index >= 15 is 0 Å². The third-order valence-corrected chi connectivity index (χ3v) is 3.55. The van der Waals surface area contributed by atoms with Crippen LogP contribution in [0.15, 0.2) is 40.9 Å².